The molecule has 116 valence electrons. The molecule has 0 unspecified atom stereocenters. The van der Waals surface area contributed by atoms with Gasteiger partial charge in [0.25, 0.3) is 5.91 Å². The fourth-order valence-electron chi connectivity index (χ4n) is 2.49. The molecule has 0 atom stereocenters. The number of anilines is 1. The molecule has 1 amide bonds. The van der Waals surface area contributed by atoms with E-state index in [2.05, 4.69) is 5.32 Å². The van der Waals surface area contributed by atoms with Gasteiger partial charge in [-0.15, -0.1) is 0 Å². The predicted molar refractivity (Wildman–Crippen MR) is 84.5 cm³/mol. The van der Waals surface area contributed by atoms with Crippen molar-refractivity contribution >= 4 is 21.4 Å². The first-order valence-electron chi connectivity index (χ1n) is 7.27. The summed E-state index contributed by atoms with van der Waals surface area (Å²) in [5.74, 6) is 0.134. The number of hydrogen-bond acceptors (Lipinski definition) is 4. The van der Waals surface area contributed by atoms with E-state index in [0.717, 1.165) is 17.8 Å². The number of aryl methyl sites for hydroxylation is 1. The summed E-state index contributed by atoms with van der Waals surface area (Å²) in [5, 5.41) is 3.20. The largest absolute Gasteiger partial charge is 0.385 e. The fraction of sp³-hybridized carbons (Fsp3) is 0.533. The van der Waals surface area contributed by atoms with E-state index in [9.17, 15) is 13.2 Å². The van der Waals surface area contributed by atoms with Gasteiger partial charge in [0, 0.05) is 25.3 Å². The maximum atomic E-state index is 12.7. The summed E-state index contributed by atoms with van der Waals surface area (Å²) in [6.07, 6.45) is 0.510. The van der Waals surface area contributed by atoms with E-state index in [1.54, 1.807) is 4.90 Å². The van der Waals surface area contributed by atoms with E-state index < -0.39 is 9.84 Å². The number of sulfone groups is 1. The summed E-state index contributed by atoms with van der Waals surface area (Å²) in [5.41, 5.74) is 2.51. The lowest BCUT2D eigenvalue weighted by molar-refractivity contribution is 0.0769. The Morgan fingerprint density at radius 2 is 2.05 bits per heavy atom. The Balaban J connectivity index is 2.23. The zero-order valence-corrected chi connectivity index (χ0v) is 13.4. The van der Waals surface area contributed by atoms with Gasteiger partial charge in [-0.25, -0.2) is 8.42 Å². The van der Waals surface area contributed by atoms with Crippen LogP contribution in [0.2, 0.25) is 0 Å². The minimum absolute atomic E-state index is 0.0567. The maximum Gasteiger partial charge on any atom is 0.255 e. The molecule has 1 aliphatic rings. The van der Waals surface area contributed by atoms with Crippen LogP contribution in [0.5, 0.6) is 0 Å². The third-order valence-corrected chi connectivity index (χ3v) is 5.33. The molecule has 0 bridgehead atoms. The van der Waals surface area contributed by atoms with Crippen molar-refractivity contribution in [2.24, 2.45) is 0 Å². The highest BCUT2D eigenvalue weighted by molar-refractivity contribution is 7.91. The number of carbonyl (C=O) groups is 1. The Hall–Kier alpha value is -1.56. The molecule has 21 heavy (non-hydrogen) atoms. The van der Waals surface area contributed by atoms with Crippen LogP contribution in [0.25, 0.3) is 0 Å². The Bertz CT molecular complexity index is 626. The average Bonchev–Trinajstić information content (AvgIpc) is 2.60. The normalized spacial score (nSPS) is 18.1. The molecule has 0 aliphatic carbocycles. The molecule has 1 saturated heterocycles. The lowest BCUT2D eigenvalue weighted by Crippen LogP contribution is -2.34. The molecule has 0 saturated carbocycles. The Morgan fingerprint density at radius 3 is 2.76 bits per heavy atom. The Labute approximate surface area is 126 Å². The molecule has 1 heterocycles. The van der Waals surface area contributed by atoms with Crippen molar-refractivity contribution in [3.05, 3.63) is 29.3 Å². The summed E-state index contributed by atoms with van der Waals surface area (Å²) in [7, 11) is -3.00. The quantitative estimate of drug-likeness (QED) is 0.922. The average molecular weight is 310 g/mol. The lowest BCUT2D eigenvalue weighted by atomic mass is 10.1. The fourth-order valence-corrected chi connectivity index (χ4v) is 3.76. The molecule has 1 aliphatic heterocycles. The number of hydrogen-bond donors (Lipinski definition) is 1. The van der Waals surface area contributed by atoms with Crippen LogP contribution in [0, 0.1) is 6.92 Å². The van der Waals surface area contributed by atoms with Gasteiger partial charge < -0.3 is 10.2 Å². The molecule has 1 aromatic carbocycles. The van der Waals surface area contributed by atoms with Crippen molar-refractivity contribution in [1.29, 1.82) is 0 Å². The highest BCUT2D eigenvalue weighted by Crippen LogP contribution is 2.20. The summed E-state index contributed by atoms with van der Waals surface area (Å²) in [4.78, 5) is 14.3. The van der Waals surface area contributed by atoms with Gasteiger partial charge in [-0.1, -0.05) is 6.07 Å². The van der Waals surface area contributed by atoms with Gasteiger partial charge >= 0.3 is 0 Å². The number of amides is 1. The number of rotatable bonds is 3. The van der Waals surface area contributed by atoms with Crippen molar-refractivity contribution in [2.75, 3.05) is 36.5 Å². The molecule has 0 spiro atoms. The van der Waals surface area contributed by atoms with Crippen LogP contribution in [0.4, 0.5) is 5.69 Å². The second-order valence-corrected chi connectivity index (χ2v) is 7.68. The maximum absolute atomic E-state index is 12.7. The van der Waals surface area contributed by atoms with Gasteiger partial charge in [0.05, 0.1) is 17.1 Å². The van der Waals surface area contributed by atoms with E-state index in [0.29, 0.717) is 18.5 Å². The van der Waals surface area contributed by atoms with E-state index in [1.807, 2.05) is 32.0 Å². The highest BCUT2D eigenvalue weighted by atomic mass is 32.2. The van der Waals surface area contributed by atoms with Crippen LogP contribution in [-0.4, -0.2) is 50.4 Å². The van der Waals surface area contributed by atoms with E-state index >= 15 is 0 Å². The second-order valence-electron chi connectivity index (χ2n) is 5.38. The molecule has 0 aromatic heterocycles. The molecular weight excluding hydrogens is 288 g/mol. The van der Waals surface area contributed by atoms with Crippen LogP contribution in [0.15, 0.2) is 18.2 Å². The molecule has 1 fully saturated rings. The van der Waals surface area contributed by atoms with Gasteiger partial charge in [-0.2, -0.15) is 0 Å². The molecule has 1 aromatic rings. The van der Waals surface area contributed by atoms with Crippen molar-refractivity contribution in [3.63, 3.8) is 0 Å². The monoisotopic (exact) mass is 310 g/mol. The van der Waals surface area contributed by atoms with E-state index in [1.165, 1.54) is 0 Å². The smallest absolute Gasteiger partial charge is 0.255 e. The summed E-state index contributed by atoms with van der Waals surface area (Å²) in [6, 6.07) is 5.67. The molecule has 5 nitrogen and oxygen atoms in total. The number of benzene rings is 1. The van der Waals surface area contributed by atoms with Crippen molar-refractivity contribution < 1.29 is 13.2 Å². The van der Waals surface area contributed by atoms with Crippen LogP contribution in [-0.2, 0) is 9.84 Å². The van der Waals surface area contributed by atoms with E-state index in [4.69, 9.17) is 0 Å². The Kier molecular flexibility index (Phi) is 4.88. The standard InChI is InChI=1S/C15H22N2O3S/c1-3-16-14-11-12(2)5-6-13(14)15(18)17-7-4-9-21(19,20)10-8-17/h5-6,11,16H,3-4,7-10H2,1-2H3. The predicted octanol–water partition coefficient (Wildman–Crippen LogP) is 1.69. The van der Waals surface area contributed by atoms with Gasteiger partial charge in [0.2, 0.25) is 0 Å². The molecule has 0 radical (unpaired) electrons. The van der Waals surface area contributed by atoms with Crippen molar-refractivity contribution in [1.82, 2.24) is 4.90 Å². The van der Waals surface area contributed by atoms with Gasteiger partial charge in [-0.05, 0) is 38.0 Å². The number of nitrogens with zero attached hydrogens (tertiary/aromatic N) is 1. The van der Waals surface area contributed by atoms with Crippen molar-refractivity contribution in [2.45, 2.75) is 20.3 Å². The first-order valence-corrected chi connectivity index (χ1v) is 9.09. The number of nitrogens with one attached hydrogen (secondary N) is 1. The van der Waals surface area contributed by atoms with Crippen molar-refractivity contribution in [3.8, 4) is 0 Å². The molecule has 1 N–H and O–H groups in total. The molecule has 6 heteroatoms. The first kappa shape index (κ1) is 15.8. The SMILES string of the molecule is CCNc1cc(C)ccc1C(=O)N1CCCS(=O)(=O)CC1. The topological polar surface area (TPSA) is 66.5 Å². The van der Waals surface area contributed by atoms with Crippen LogP contribution in [0.3, 0.4) is 0 Å². The highest BCUT2D eigenvalue weighted by Gasteiger charge is 2.24. The van der Waals surface area contributed by atoms with Gasteiger partial charge in [0.15, 0.2) is 9.84 Å². The third-order valence-electron chi connectivity index (χ3n) is 3.62. The summed E-state index contributed by atoms with van der Waals surface area (Å²) >= 11 is 0. The zero-order valence-electron chi connectivity index (χ0n) is 12.6. The first-order chi connectivity index (χ1) is 9.93. The van der Waals surface area contributed by atoms with Gasteiger partial charge in [-0.3, -0.25) is 4.79 Å². The van der Waals surface area contributed by atoms with Crippen LogP contribution in [0.1, 0.15) is 29.3 Å². The lowest BCUT2D eigenvalue weighted by Gasteiger charge is -2.21. The van der Waals surface area contributed by atoms with E-state index in [-0.39, 0.29) is 24.0 Å². The Morgan fingerprint density at radius 1 is 1.29 bits per heavy atom. The van der Waals surface area contributed by atoms with Gasteiger partial charge in [0.1, 0.15) is 0 Å². The van der Waals surface area contributed by atoms with Crippen LogP contribution >= 0.6 is 0 Å². The molecule has 2 rings (SSSR count). The zero-order chi connectivity index (χ0) is 15.5. The third kappa shape index (κ3) is 3.97. The minimum Gasteiger partial charge on any atom is -0.385 e. The minimum atomic E-state index is -3.00. The summed E-state index contributed by atoms with van der Waals surface area (Å²) in [6.45, 7) is 5.47. The number of carbonyl (C=O) groups excluding carboxylic acids is 1. The summed E-state index contributed by atoms with van der Waals surface area (Å²) < 4.78 is 23.3. The second kappa shape index (κ2) is 6.47. The molecular formula is C15H22N2O3S. The van der Waals surface area contributed by atoms with Crippen LogP contribution < -0.4 is 5.32 Å².